The number of ether oxygens (including phenoxy) is 2. The highest BCUT2D eigenvalue weighted by Gasteiger charge is 2.33. The minimum atomic E-state index is -4.19. The van der Waals surface area contributed by atoms with Crippen molar-refractivity contribution in [3.8, 4) is 11.5 Å². The van der Waals surface area contributed by atoms with Gasteiger partial charge < -0.3 is 19.7 Å². The van der Waals surface area contributed by atoms with Crippen LogP contribution in [0.5, 0.6) is 11.5 Å². The summed E-state index contributed by atoms with van der Waals surface area (Å²) in [6.45, 7) is 7.44. The maximum absolute atomic E-state index is 14.0. The van der Waals surface area contributed by atoms with E-state index >= 15 is 0 Å². The molecule has 0 fully saturated rings. The Labute approximate surface area is 243 Å². The summed E-state index contributed by atoms with van der Waals surface area (Å²) in [5, 5.41) is 2.88. The minimum absolute atomic E-state index is 0.0336. The number of hydrogen-bond donors (Lipinski definition) is 1. The van der Waals surface area contributed by atoms with E-state index in [0.29, 0.717) is 18.0 Å². The van der Waals surface area contributed by atoms with Gasteiger partial charge in [0, 0.05) is 13.1 Å². The molecule has 0 bridgehead atoms. The molecular weight excluding hydrogens is 542 g/mol. The third-order valence-corrected chi connectivity index (χ3v) is 8.38. The van der Waals surface area contributed by atoms with Crippen LogP contribution >= 0.6 is 0 Å². The zero-order valence-corrected chi connectivity index (χ0v) is 25.3. The highest BCUT2D eigenvalue weighted by Crippen LogP contribution is 2.32. The average molecular weight is 582 g/mol. The smallest absolute Gasteiger partial charge is 0.264 e. The van der Waals surface area contributed by atoms with Gasteiger partial charge in [0.15, 0.2) is 0 Å². The maximum atomic E-state index is 14.0. The Morgan fingerprint density at radius 2 is 1.51 bits per heavy atom. The van der Waals surface area contributed by atoms with Crippen LogP contribution in [0.4, 0.5) is 5.69 Å². The normalized spacial score (nSPS) is 12.0. The number of nitrogens with zero attached hydrogens (tertiary/aromatic N) is 2. The highest BCUT2D eigenvalue weighted by atomic mass is 32.2. The number of nitrogens with one attached hydrogen (secondary N) is 1. The van der Waals surface area contributed by atoms with Gasteiger partial charge in [-0.1, -0.05) is 55.8 Å². The molecule has 41 heavy (non-hydrogen) atoms. The minimum Gasteiger partial charge on any atom is -0.497 e. The van der Waals surface area contributed by atoms with Crippen molar-refractivity contribution >= 4 is 27.5 Å². The first kappa shape index (κ1) is 31.5. The average Bonchev–Trinajstić information content (AvgIpc) is 2.97. The van der Waals surface area contributed by atoms with E-state index in [9.17, 15) is 18.0 Å². The number of anilines is 1. The molecule has 3 aromatic carbocycles. The summed E-state index contributed by atoms with van der Waals surface area (Å²) in [5.74, 6) is 0.291. The Bertz CT molecular complexity index is 1420. The van der Waals surface area contributed by atoms with Crippen molar-refractivity contribution < 1.29 is 27.5 Å². The number of benzene rings is 3. The van der Waals surface area contributed by atoms with Gasteiger partial charge in [0.2, 0.25) is 11.8 Å². The van der Waals surface area contributed by atoms with Crippen LogP contribution in [0.1, 0.15) is 31.9 Å². The van der Waals surface area contributed by atoms with Crippen molar-refractivity contribution in [3.05, 3.63) is 83.9 Å². The monoisotopic (exact) mass is 581 g/mol. The highest BCUT2D eigenvalue weighted by molar-refractivity contribution is 7.92. The Hall–Kier alpha value is -4.05. The Balaban J connectivity index is 2.04. The lowest BCUT2D eigenvalue weighted by molar-refractivity contribution is -0.139. The Morgan fingerprint density at radius 3 is 2.10 bits per heavy atom. The standard InChI is InChI=1S/C31H39N3O6S/c1-22(2)19-32-31(36)24(4)33(20-25-13-15-26(39-5)16-14-25)30(35)21-34(28-9-7-8-10-29(28)40-6)41(37,38)27-17-11-23(3)12-18-27/h7-18,22,24H,19-21H2,1-6H3,(H,32,36)/t24-/m1/s1. The molecule has 0 aromatic heterocycles. The summed E-state index contributed by atoms with van der Waals surface area (Å²) in [7, 11) is -1.19. The molecule has 3 aromatic rings. The second-order valence-electron chi connectivity index (χ2n) is 10.2. The number of methoxy groups -OCH3 is 2. The number of aryl methyl sites for hydroxylation is 1. The first-order chi connectivity index (χ1) is 19.5. The Kier molecular flexibility index (Phi) is 10.8. The molecule has 3 rings (SSSR count). The second-order valence-corrected chi connectivity index (χ2v) is 12.0. The van der Waals surface area contributed by atoms with Crippen LogP contribution in [0, 0.1) is 12.8 Å². The van der Waals surface area contributed by atoms with Crippen LogP contribution in [-0.2, 0) is 26.2 Å². The van der Waals surface area contributed by atoms with Crippen LogP contribution in [0.2, 0.25) is 0 Å². The number of carbonyl (C=O) groups is 2. The lowest BCUT2D eigenvalue weighted by Gasteiger charge is -2.32. The Morgan fingerprint density at radius 1 is 0.878 bits per heavy atom. The molecule has 9 nitrogen and oxygen atoms in total. The molecule has 0 aliphatic heterocycles. The summed E-state index contributed by atoms with van der Waals surface area (Å²) in [5.41, 5.74) is 1.87. The van der Waals surface area contributed by atoms with Gasteiger partial charge in [-0.25, -0.2) is 8.42 Å². The predicted octanol–water partition coefficient (Wildman–Crippen LogP) is 4.40. The largest absolute Gasteiger partial charge is 0.497 e. The van der Waals surface area contributed by atoms with E-state index < -0.39 is 28.5 Å². The molecule has 1 N–H and O–H groups in total. The van der Waals surface area contributed by atoms with Crippen molar-refractivity contribution in [1.82, 2.24) is 10.2 Å². The summed E-state index contributed by atoms with van der Waals surface area (Å²) >= 11 is 0. The molecule has 0 aliphatic carbocycles. The summed E-state index contributed by atoms with van der Waals surface area (Å²) in [6, 6.07) is 19.3. The molecule has 0 spiro atoms. The van der Waals surface area contributed by atoms with E-state index in [4.69, 9.17) is 9.47 Å². The van der Waals surface area contributed by atoms with Gasteiger partial charge >= 0.3 is 0 Å². The summed E-state index contributed by atoms with van der Waals surface area (Å²) in [4.78, 5) is 28.6. The van der Waals surface area contributed by atoms with E-state index in [1.807, 2.05) is 20.8 Å². The number of carbonyl (C=O) groups excluding carboxylic acids is 2. The third-order valence-electron chi connectivity index (χ3n) is 6.61. The van der Waals surface area contributed by atoms with Crippen LogP contribution in [0.25, 0.3) is 0 Å². The van der Waals surface area contributed by atoms with Gasteiger partial charge in [0.1, 0.15) is 24.1 Å². The summed E-state index contributed by atoms with van der Waals surface area (Å²) in [6.07, 6.45) is 0. The molecule has 0 unspecified atom stereocenters. The van der Waals surface area contributed by atoms with Crippen molar-refractivity contribution in [2.75, 3.05) is 31.6 Å². The number of rotatable bonds is 13. The fraction of sp³-hybridized carbons (Fsp3) is 0.355. The van der Waals surface area contributed by atoms with Gasteiger partial charge in [0.25, 0.3) is 10.0 Å². The first-order valence-electron chi connectivity index (χ1n) is 13.4. The van der Waals surface area contributed by atoms with Crippen LogP contribution in [0.15, 0.2) is 77.7 Å². The quantitative estimate of drug-likeness (QED) is 0.321. The SMILES string of the molecule is COc1ccc(CN(C(=O)CN(c2ccccc2OC)S(=O)(=O)c2ccc(C)cc2)[C@H](C)C(=O)NCC(C)C)cc1. The van der Waals surface area contributed by atoms with Gasteiger partial charge in [0.05, 0.1) is 24.8 Å². The van der Waals surface area contributed by atoms with E-state index in [1.165, 1.54) is 24.1 Å². The van der Waals surface area contributed by atoms with Crippen molar-refractivity contribution in [2.24, 2.45) is 5.92 Å². The first-order valence-corrected chi connectivity index (χ1v) is 14.8. The second kappa shape index (κ2) is 14.0. The molecule has 220 valence electrons. The number of amides is 2. The fourth-order valence-electron chi connectivity index (χ4n) is 4.15. The predicted molar refractivity (Wildman–Crippen MR) is 160 cm³/mol. The molecule has 1 atom stereocenters. The molecule has 2 amide bonds. The third kappa shape index (κ3) is 8.00. The van der Waals surface area contributed by atoms with Crippen LogP contribution in [-0.4, -0.2) is 58.5 Å². The zero-order chi connectivity index (χ0) is 30.2. The molecule has 0 radical (unpaired) electrons. The van der Waals surface area contributed by atoms with Crippen LogP contribution < -0.4 is 19.1 Å². The van der Waals surface area contributed by atoms with E-state index in [0.717, 1.165) is 15.4 Å². The van der Waals surface area contributed by atoms with Gasteiger partial charge in [-0.05, 0) is 61.7 Å². The summed E-state index contributed by atoms with van der Waals surface area (Å²) < 4.78 is 39.7. The lowest BCUT2D eigenvalue weighted by atomic mass is 10.1. The number of para-hydroxylation sites is 2. The van der Waals surface area contributed by atoms with E-state index in [2.05, 4.69) is 5.32 Å². The van der Waals surface area contributed by atoms with Crippen LogP contribution in [0.3, 0.4) is 0 Å². The van der Waals surface area contributed by atoms with Crippen molar-refractivity contribution in [2.45, 2.75) is 45.2 Å². The number of sulfonamides is 1. The lowest BCUT2D eigenvalue weighted by Crippen LogP contribution is -2.51. The molecule has 0 heterocycles. The van der Waals surface area contributed by atoms with E-state index in [-0.39, 0.29) is 29.0 Å². The van der Waals surface area contributed by atoms with Gasteiger partial charge in [-0.15, -0.1) is 0 Å². The van der Waals surface area contributed by atoms with Crippen molar-refractivity contribution in [3.63, 3.8) is 0 Å². The van der Waals surface area contributed by atoms with Crippen molar-refractivity contribution in [1.29, 1.82) is 0 Å². The molecule has 10 heteroatoms. The number of hydrogen-bond acceptors (Lipinski definition) is 6. The van der Waals surface area contributed by atoms with Gasteiger partial charge in [-0.2, -0.15) is 0 Å². The molecule has 0 saturated heterocycles. The maximum Gasteiger partial charge on any atom is 0.264 e. The van der Waals surface area contributed by atoms with E-state index in [1.54, 1.807) is 74.7 Å². The fourth-order valence-corrected chi connectivity index (χ4v) is 5.57. The van der Waals surface area contributed by atoms with Gasteiger partial charge in [-0.3, -0.25) is 13.9 Å². The topological polar surface area (TPSA) is 105 Å². The zero-order valence-electron chi connectivity index (χ0n) is 24.5. The molecule has 0 saturated carbocycles. The molecule has 0 aliphatic rings. The molecular formula is C31H39N3O6S.